The summed E-state index contributed by atoms with van der Waals surface area (Å²) in [6, 6.07) is 51.3. The Labute approximate surface area is 441 Å². The first-order chi connectivity index (χ1) is 37.7. The molecule has 0 amide bonds. The molecule has 10 aromatic rings. The quantitative estimate of drug-likeness (QED) is 0.160. The molecule has 2 aliphatic carbocycles. The van der Waals surface area contributed by atoms with E-state index in [0.29, 0.717) is 111 Å². The third-order valence-electron chi connectivity index (χ3n) is 14.5. The van der Waals surface area contributed by atoms with Crippen molar-refractivity contribution in [3.05, 3.63) is 238 Å². The lowest BCUT2D eigenvalue weighted by Crippen LogP contribution is -2.14. The topological polar surface area (TPSA) is 105 Å². The molecule has 0 aliphatic heterocycles. The summed E-state index contributed by atoms with van der Waals surface area (Å²) in [5, 5.41) is 43.2. The van der Waals surface area contributed by atoms with Gasteiger partial charge in [-0.15, -0.1) is 0 Å². The first kappa shape index (κ1) is 48.5. The van der Waals surface area contributed by atoms with Crippen molar-refractivity contribution in [3.63, 3.8) is 0 Å². The summed E-state index contributed by atoms with van der Waals surface area (Å²) in [5.74, 6) is 0. The number of nitrogens with zero attached hydrogens (tertiary/aromatic N) is 6. The van der Waals surface area contributed by atoms with E-state index in [1.807, 2.05) is 72.8 Å². The van der Waals surface area contributed by atoms with Crippen LogP contribution in [-0.2, 0) is 12.4 Å². The van der Waals surface area contributed by atoms with E-state index in [0.717, 1.165) is 29.3 Å². The zero-order valence-electron chi connectivity index (χ0n) is 40.8. The van der Waals surface area contributed by atoms with Gasteiger partial charge in [-0.05, 0) is 147 Å². The number of allylic oxidation sites excluding steroid dienone is 8. The molecule has 2 aromatic heterocycles. The highest BCUT2D eigenvalue weighted by Crippen LogP contribution is 2.46. The van der Waals surface area contributed by atoms with E-state index in [2.05, 4.69) is 24.3 Å². The van der Waals surface area contributed by atoms with Gasteiger partial charge in [0.15, 0.2) is 0 Å². The molecule has 0 atom stereocenters. The summed E-state index contributed by atoms with van der Waals surface area (Å²) in [7, 11) is 0. The number of benzene rings is 8. The molecule has 6 nitrogen and oxygen atoms in total. The van der Waals surface area contributed by atoms with Crippen molar-refractivity contribution in [1.82, 2.24) is 9.13 Å². The second-order valence-corrected chi connectivity index (χ2v) is 19.2. The largest absolute Gasteiger partial charge is 0.418 e. The van der Waals surface area contributed by atoms with Crippen molar-refractivity contribution in [2.24, 2.45) is 0 Å². The summed E-state index contributed by atoms with van der Waals surface area (Å²) >= 11 is 0. The Bertz CT molecular complexity index is 4580. The van der Waals surface area contributed by atoms with Crippen LogP contribution < -0.4 is 10.4 Å². The van der Waals surface area contributed by atoms with E-state index >= 15 is 13.2 Å². The first-order valence-electron chi connectivity index (χ1n) is 24.6. The van der Waals surface area contributed by atoms with Crippen LogP contribution in [0.3, 0.4) is 0 Å². The minimum absolute atomic E-state index is 0.0114. The van der Waals surface area contributed by atoms with Crippen LogP contribution in [0.4, 0.5) is 26.3 Å². The lowest BCUT2D eigenvalue weighted by Gasteiger charge is -2.23. The molecule has 372 valence electrons. The fourth-order valence-electron chi connectivity index (χ4n) is 10.9. The standard InChI is InChI=1S/C66H36F6N6/c67-65(68,69)52-15-5-14-51(28-52)57-33-64(78-61-31-49(45-12-3-8-41(26-45)37-75)18-22-55(61)56-23-19-50(32-62(56)78)46-13-4-9-42(27-46)38-76)58(66(70,71)72)34-63(57)77-59-29-47(43-10-1-6-39(24-43)35-73)16-20-53(59)54-21-17-48(30-60(54)77)44-11-2-7-40(25-44)36-74/h1-10,12-23,25-34H,11,24H2. The molecule has 78 heavy (non-hydrogen) atoms. The highest BCUT2D eigenvalue weighted by molar-refractivity contribution is 6.12. The van der Waals surface area contributed by atoms with E-state index in [4.69, 9.17) is 0 Å². The predicted molar refractivity (Wildman–Crippen MR) is 292 cm³/mol. The minimum atomic E-state index is -5.09. The van der Waals surface area contributed by atoms with Crippen molar-refractivity contribution in [3.8, 4) is 69.0 Å². The van der Waals surface area contributed by atoms with Gasteiger partial charge in [0.1, 0.15) is 0 Å². The van der Waals surface area contributed by atoms with E-state index < -0.39 is 23.5 Å². The van der Waals surface area contributed by atoms with Gasteiger partial charge >= 0.3 is 12.4 Å². The van der Waals surface area contributed by atoms with Crippen LogP contribution >= 0.6 is 0 Å². The lowest BCUT2D eigenvalue weighted by atomic mass is 9.96. The number of fused-ring (bicyclic) bond motifs is 6. The molecule has 8 aromatic carbocycles. The van der Waals surface area contributed by atoms with Crippen molar-refractivity contribution in [1.29, 1.82) is 21.0 Å². The Morgan fingerprint density at radius 2 is 0.987 bits per heavy atom. The Hall–Kier alpha value is -10.4. The molecule has 0 saturated heterocycles. The van der Waals surface area contributed by atoms with Gasteiger partial charge < -0.3 is 9.13 Å². The molecule has 0 N–H and O–H groups in total. The molecule has 2 aliphatic rings. The van der Waals surface area contributed by atoms with Crippen molar-refractivity contribution in [2.75, 3.05) is 0 Å². The van der Waals surface area contributed by atoms with Crippen LogP contribution in [-0.4, -0.2) is 9.13 Å². The second-order valence-electron chi connectivity index (χ2n) is 19.2. The molecular weight excluding hydrogens is 991 g/mol. The van der Waals surface area contributed by atoms with Crippen LogP contribution in [0.2, 0.25) is 0 Å². The van der Waals surface area contributed by atoms with E-state index in [1.165, 1.54) is 22.8 Å². The van der Waals surface area contributed by atoms with Gasteiger partial charge in [0.05, 0.1) is 85.5 Å². The molecule has 0 unspecified atom stereocenters. The summed E-state index contributed by atoms with van der Waals surface area (Å²) in [6.07, 6.45) is 1.50. The molecule has 0 fully saturated rings. The molecule has 0 spiro atoms. The summed E-state index contributed by atoms with van der Waals surface area (Å²) < 4.78 is 98.1. The maximum atomic E-state index is 16.7. The van der Waals surface area contributed by atoms with Gasteiger partial charge in [0, 0.05) is 39.1 Å². The molecule has 2 heterocycles. The third-order valence-corrected chi connectivity index (χ3v) is 14.5. The number of alkyl halides is 6. The van der Waals surface area contributed by atoms with Gasteiger partial charge in [0.2, 0.25) is 0 Å². The van der Waals surface area contributed by atoms with Crippen molar-refractivity contribution < 1.29 is 26.3 Å². The fraction of sp³-hybridized carbons (Fsp3) is 0.0606. The van der Waals surface area contributed by atoms with Crippen LogP contribution in [0.15, 0.2) is 205 Å². The number of halogens is 6. The van der Waals surface area contributed by atoms with Gasteiger partial charge in [-0.1, -0.05) is 103 Å². The Kier molecular flexibility index (Phi) is 11.7. The molecular formula is C66H36F6N6. The third kappa shape index (κ3) is 8.49. The molecule has 0 saturated carbocycles. The zero-order chi connectivity index (χ0) is 54.0. The molecule has 0 bridgehead atoms. The highest BCUT2D eigenvalue weighted by atomic mass is 19.4. The highest BCUT2D eigenvalue weighted by Gasteiger charge is 2.38. The monoisotopic (exact) mass is 1030 g/mol. The zero-order valence-corrected chi connectivity index (χ0v) is 40.8. The molecule has 12 rings (SSSR count). The van der Waals surface area contributed by atoms with E-state index in [-0.39, 0.29) is 22.5 Å². The number of hydrogen-bond donors (Lipinski definition) is 0. The fourth-order valence-corrected chi connectivity index (χ4v) is 10.9. The number of hydrogen-bond acceptors (Lipinski definition) is 4. The normalized spacial score (nSPS) is 15.0. The Morgan fingerprint density at radius 3 is 1.55 bits per heavy atom. The van der Waals surface area contributed by atoms with E-state index in [9.17, 15) is 34.2 Å². The average Bonchev–Trinajstić information content (AvgIpc) is 4.20. The van der Waals surface area contributed by atoms with Crippen LogP contribution in [0, 0.1) is 45.3 Å². The average molecular weight is 1030 g/mol. The molecule has 0 radical (unpaired) electrons. The van der Waals surface area contributed by atoms with Crippen LogP contribution in [0.5, 0.6) is 0 Å². The van der Waals surface area contributed by atoms with Gasteiger partial charge in [-0.25, -0.2) is 0 Å². The van der Waals surface area contributed by atoms with E-state index in [1.54, 1.807) is 89.5 Å². The predicted octanol–water partition coefficient (Wildman–Crippen LogP) is 15.8. The number of nitriles is 4. The summed E-state index contributed by atoms with van der Waals surface area (Å²) in [6.45, 7) is 0. The van der Waals surface area contributed by atoms with Crippen molar-refractivity contribution in [2.45, 2.75) is 25.2 Å². The smallest absolute Gasteiger partial charge is 0.309 e. The van der Waals surface area contributed by atoms with Crippen molar-refractivity contribution >= 4 is 54.8 Å². The number of rotatable bonds is 5. The van der Waals surface area contributed by atoms with Gasteiger partial charge in [-0.3, -0.25) is 0 Å². The van der Waals surface area contributed by atoms with Gasteiger partial charge in [0.25, 0.3) is 0 Å². The second kappa shape index (κ2) is 18.8. The first-order valence-corrected chi connectivity index (χ1v) is 24.6. The summed E-state index contributed by atoms with van der Waals surface area (Å²) in [4.78, 5) is 0. The molecule has 12 heteroatoms. The Morgan fingerprint density at radius 1 is 0.449 bits per heavy atom. The number of aromatic nitrogens is 2. The maximum Gasteiger partial charge on any atom is 0.418 e. The minimum Gasteiger partial charge on any atom is -0.309 e. The lowest BCUT2D eigenvalue weighted by molar-refractivity contribution is -0.138. The maximum absolute atomic E-state index is 16.7. The van der Waals surface area contributed by atoms with Crippen LogP contribution in [0.1, 0.15) is 35.1 Å². The SMILES string of the molecule is N#CC1=CC(=c2ccc3c4ccc(=C5C=CC=C(C#N)C5)cc4n(-c4cc(C(F)(F)F)c(-n5c6cc(-c7cccc(C#N)c7)ccc6c6ccc(-c7cccc(C#N)c7)cc65)cc4-c4cccc(C(F)(F)F)c4)c3c2)CC=C1. The van der Waals surface area contributed by atoms with Gasteiger partial charge in [-0.2, -0.15) is 47.4 Å². The Balaban J connectivity index is 1.25. The summed E-state index contributed by atoms with van der Waals surface area (Å²) in [5.41, 5.74) is 4.78. The van der Waals surface area contributed by atoms with Crippen LogP contribution in [0.25, 0.3) is 99.5 Å².